The smallest absolute Gasteiger partial charge is 0.0252 e. The van der Waals surface area contributed by atoms with Crippen molar-refractivity contribution in [3.05, 3.63) is 0 Å². The molecule has 6 saturated heterocycles. The molecule has 14 atom stereocenters. The summed E-state index contributed by atoms with van der Waals surface area (Å²) in [4.78, 5) is 6.73. The van der Waals surface area contributed by atoms with Crippen LogP contribution in [0, 0.1) is 47.3 Å². The molecule has 0 radical (unpaired) electrons. The van der Waals surface area contributed by atoms with Crippen molar-refractivity contribution in [3.63, 3.8) is 0 Å². The van der Waals surface area contributed by atoms with Crippen LogP contribution in [0.2, 0.25) is 0 Å². The van der Waals surface area contributed by atoms with Crippen LogP contribution in [0.3, 0.4) is 0 Å². The van der Waals surface area contributed by atoms with E-state index in [1.165, 1.54) is 167 Å². The molecule has 6 heterocycles. The summed E-state index contributed by atoms with van der Waals surface area (Å²) in [6.07, 6.45) is 35.9. The summed E-state index contributed by atoms with van der Waals surface area (Å²) in [6.45, 7) is 5.06. The molecule has 4 N–H and O–H groups in total. The van der Waals surface area contributed by atoms with Gasteiger partial charge in [-0.3, -0.25) is 9.80 Å². The van der Waals surface area contributed by atoms with Crippen LogP contribution in [0.25, 0.3) is 0 Å². The Balaban J connectivity index is 0.797. The quantitative estimate of drug-likeness (QED) is 0.250. The minimum absolute atomic E-state index is 0.753. The molecule has 11 fully saturated rings. The Morgan fingerprint density at radius 1 is 0.308 bits per heavy atom. The molecule has 292 valence electrons. The molecule has 11 aliphatic rings. The SMILES string of the molecule is C1CNC2C(C1)NCCC2C1CCC(N2C3CCCCC3C3C4C5CCCCC5N(C5CCC(C6CCNC7CCCNC76)CC5)C4CCC32)CC1. The highest BCUT2D eigenvalue weighted by Gasteiger charge is 2.63. The van der Waals surface area contributed by atoms with E-state index in [1.54, 1.807) is 12.8 Å². The average Bonchev–Trinajstić information content (AvgIpc) is 3.73. The van der Waals surface area contributed by atoms with E-state index in [9.17, 15) is 0 Å². The van der Waals surface area contributed by atoms with Gasteiger partial charge in [-0.25, -0.2) is 0 Å². The molecule has 5 aliphatic carbocycles. The largest absolute Gasteiger partial charge is 0.312 e. The van der Waals surface area contributed by atoms with Crippen molar-refractivity contribution in [1.29, 1.82) is 0 Å². The summed E-state index contributed by atoms with van der Waals surface area (Å²) >= 11 is 0. The van der Waals surface area contributed by atoms with Gasteiger partial charge in [0.25, 0.3) is 0 Å². The lowest BCUT2D eigenvalue weighted by atomic mass is 9.61. The maximum absolute atomic E-state index is 4.03. The summed E-state index contributed by atoms with van der Waals surface area (Å²) in [6, 6.07) is 8.53. The normalized spacial score (nSPS) is 54.2. The molecule has 11 rings (SSSR count). The van der Waals surface area contributed by atoms with Crippen LogP contribution in [0.4, 0.5) is 0 Å². The highest BCUT2D eigenvalue weighted by Crippen LogP contribution is 2.61. The minimum Gasteiger partial charge on any atom is -0.312 e. The minimum atomic E-state index is 0.753. The first-order valence-corrected chi connectivity index (χ1v) is 24.3. The molecule has 0 aromatic carbocycles. The van der Waals surface area contributed by atoms with Crippen LogP contribution in [-0.2, 0) is 0 Å². The van der Waals surface area contributed by atoms with Crippen LogP contribution in [-0.4, -0.2) is 96.4 Å². The van der Waals surface area contributed by atoms with Crippen molar-refractivity contribution in [3.8, 4) is 0 Å². The zero-order valence-corrected chi connectivity index (χ0v) is 33.1. The first kappa shape index (κ1) is 35.0. The van der Waals surface area contributed by atoms with Gasteiger partial charge in [-0.1, -0.05) is 25.7 Å². The van der Waals surface area contributed by atoms with E-state index in [0.717, 1.165) is 108 Å². The molecule has 5 saturated carbocycles. The van der Waals surface area contributed by atoms with Crippen LogP contribution >= 0.6 is 0 Å². The maximum atomic E-state index is 4.03. The van der Waals surface area contributed by atoms with Crippen molar-refractivity contribution in [1.82, 2.24) is 31.1 Å². The number of likely N-dealkylation sites (tertiary alicyclic amines) is 2. The summed E-state index contributed by atoms with van der Waals surface area (Å²) in [5, 5.41) is 15.9. The van der Waals surface area contributed by atoms with E-state index < -0.39 is 0 Å². The lowest BCUT2D eigenvalue weighted by Gasteiger charge is -2.50. The predicted octanol–water partition coefficient (Wildman–Crippen LogP) is 7.08. The summed E-state index contributed by atoms with van der Waals surface area (Å²) in [5.74, 6) is 7.91. The van der Waals surface area contributed by atoms with Gasteiger partial charge in [-0.15, -0.1) is 0 Å². The Kier molecular flexibility index (Phi) is 10.0. The second-order valence-corrected chi connectivity index (χ2v) is 21.2. The summed E-state index contributed by atoms with van der Waals surface area (Å²) < 4.78 is 0. The zero-order chi connectivity index (χ0) is 34.2. The van der Waals surface area contributed by atoms with Crippen LogP contribution in [0.1, 0.15) is 154 Å². The molecule has 52 heavy (non-hydrogen) atoms. The molecular formula is C46H78N6. The standard InChI is InChI=1S/C46H78N6/c1-3-11-39-35(7-1)43-41(51(39)31-17-13-29(14-18-31)33-23-27-47-37-9-5-25-49-45(33)37)21-22-42-44(43)36-8-2-4-12-40(36)52(42)32-19-15-30(16-20-32)34-24-28-48-38-10-6-26-50-46(34)38/h29-50H,1-28H2. The van der Waals surface area contributed by atoms with Crippen molar-refractivity contribution >= 4 is 0 Å². The number of nitrogens with one attached hydrogen (secondary N) is 4. The topological polar surface area (TPSA) is 54.6 Å². The Labute approximate surface area is 318 Å². The molecule has 14 unspecified atom stereocenters. The van der Waals surface area contributed by atoms with Gasteiger partial charge in [0.15, 0.2) is 0 Å². The second-order valence-electron chi connectivity index (χ2n) is 21.2. The number of nitrogens with zero attached hydrogens (tertiary/aromatic N) is 2. The van der Waals surface area contributed by atoms with E-state index in [4.69, 9.17) is 0 Å². The van der Waals surface area contributed by atoms with Gasteiger partial charge in [-0.2, -0.15) is 0 Å². The third-order valence-electron chi connectivity index (χ3n) is 19.4. The number of piperidine rings is 4. The Morgan fingerprint density at radius 3 is 1.21 bits per heavy atom. The van der Waals surface area contributed by atoms with Crippen molar-refractivity contribution in [2.24, 2.45) is 47.3 Å². The third-order valence-corrected chi connectivity index (χ3v) is 19.4. The van der Waals surface area contributed by atoms with E-state index >= 15 is 0 Å². The Hall–Kier alpha value is -0.240. The molecule has 6 nitrogen and oxygen atoms in total. The summed E-state index contributed by atoms with van der Waals surface area (Å²) in [5.41, 5.74) is 0. The highest BCUT2D eigenvalue weighted by atomic mass is 15.3. The van der Waals surface area contributed by atoms with Gasteiger partial charge < -0.3 is 21.3 Å². The van der Waals surface area contributed by atoms with Crippen LogP contribution in [0.15, 0.2) is 0 Å². The molecule has 0 aromatic rings. The first-order chi connectivity index (χ1) is 25.8. The molecule has 0 spiro atoms. The molecule has 6 heteroatoms. The summed E-state index contributed by atoms with van der Waals surface area (Å²) in [7, 11) is 0. The van der Waals surface area contributed by atoms with Gasteiger partial charge in [-0.05, 0) is 202 Å². The number of rotatable bonds is 4. The maximum Gasteiger partial charge on any atom is 0.0252 e. The van der Waals surface area contributed by atoms with Gasteiger partial charge in [0.05, 0.1) is 0 Å². The molecule has 0 aromatic heterocycles. The van der Waals surface area contributed by atoms with E-state index in [1.807, 2.05) is 0 Å². The Bertz CT molecular complexity index is 1120. The fourth-order valence-electron chi connectivity index (χ4n) is 17.7. The first-order valence-electron chi connectivity index (χ1n) is 24.3. The second kappa shape index (κ2) is 14.9. The molecule has 0 amide bonds. The highest BCUT2D eigenvalue weighted by molar-refractivity contribution is 5.16. The lowest BCUT2D eigenvalue weighted by Crippen LogP contribution is -2.61. The van der Waals surface area contributed by atoms with Gasteiger partial charge >= 0.3 is 0 Å². The van der Waals surface area contributed by atoms with Crippen LogP contribution < -0.4 is 21.3 Å². The van der Waals surface area contributed by atoms with Crippen molar-refractivity contribution < 1.29 is 0 Å². The lowest BCUT2D eigenvalue weighted by molar-refractivity contribution is 0.00473. The van der Waals surface area contributed by atoms with E-state index in [0.29, 0.717) is 0 Å². The number of hydrogen-bond donors (Lipinski definition) is 4. The molecule has 0 bridgehead atoms. The van der Waals surface area contributed by atoms with Crippen molar-refractivity contribution in [2.75, 3.05) is 26.2 Å². The van der Waals surface area contributed by atoms with E-state index in [-0.39, 0.29) is 0 Å². The monoisotopic (exact) mass is 715 g/mol. The fourth-order valence-corrected chi connectivity index (χ4v) is 17.7. The molecule has 6 aliphatic heterocycles. The van der Waals surface area contributed by atoms with E-state index in [2.05, 4.69) is 31.1 Å². The predicted molar refractivity (Wildman–Crippen MR) is 212 cm³/mol. The Morgan fingerprint density at radius 2 is 0.750 bits per heavy atom. The number of hydrogen-bond acceptors (Lipinski definition) is 6. The molecular weight excluding hydrogens is 637 g/mol. The zero-order valence-electron chi connectivity index (χ0n) is 33.1. The van der Waals surface area contributed by atoms with Gasteiger partial charge in [0.2, 0.25) is 0 Å². The van der Waals surface area contributed by atoms with Crippen molar-refractivity contribution in [2.45, 2.75) is 215 Å². The van der Waals surface area contributed by atoms with Gasteiger partial charge in [0.1, 0.15) is 0 Å². The number of fused-ring (bicyclic) bond motifs is 9. The van der Waals surface area contributed by atoms with Gasteiger partial charge in [0, 0.05) is 60.4 Å². The third kappa shape index (κ3) is 5.97. The van der Waals surface area contributed by atoms with Crippen LogP contribution in [0.5, 0.6) is 0 Å². The fraction of sp³-hybridized carbons (Fsp3) is 1.00. The average molecular weight is 715 g/mol.